The van der Waals surface area contributed by atoms with Gasteiger partial charge in [-0.1, -0.05) is 41.9 Å². The number of benzene rings is 2. The van der Waals surface area contributed by atoms with Crippen molar-refractivity contribution in [1.29, 1.82) is 0 Å². The van der Waals surface area contributed by atoms with E-state index >= 15 is 0 Å². The minimum Gasteiger partial charge on any atom is -0.496 e. The van der Waals surface area contributed by atoms with E-state index in [9.17, 15) is 9.90 Å². The first-order valence-electron chi connectivity index (χ1n) is 6.22. The van der Waals surface area contributed by atoms with Gasteiger partial charge in [0.25, 0.3) is 0 Å². The van der Waals surface area contributed by atoms with Crippen molar-refractivity contribution in [3.05, 3.63) is 64.7 Å². The molecule has 0 saturated carbocycles. The Morgan fingerprint density at radius 1 is 1.25 bits per heavy atom. The van der Waals surface area contributed by atoms with Crippen LogP contribution >= 0.6 is 11.6 Å². The van der Waals surface area contributed by atoms with Crippen LogP contribution in [-0.2, 0) is 11.2 Å². The van der Waals surface area contributed by atoms with E-state index in [1.54, 1.807) is 31.4 Å². The summed E-state index contributed by atoms with van der Waals surface area (Å²) in [4.78, 5) is 11.5. The molecule has 0 radical (unpaired) electrons. The summed E-state index contributed by atoms with van der Waals surface area (Å²) in [5.41, 5.74) is 1.55. The molecule has 0 fully saturated rings. The summed E-state index contributed by atoms with van der Waals surface area (Å²) in [6.45, 7) is 0. The van der Waals surface area contributed by atoms with Gasteiger partial charge in [0.2, 0.25) is 0 Å². The van der Waals surface area contributed by atoms with Gasteiger partial charge < -0.3 is 9.84 Å². The maximum Gasteiger partial charge on any atom is 0.311 e. The standard InChI is InChI=1S/C16H15ClO3/c1-20-15-8-3-2-5-12(15)10-14(16(18)19)11-6-4-7-13(17)9-11/h2-9,14H,10H2,1H3,(H,18,19). The summed E-state index contributed by atoms with van der Waals surface area (Å²) in [6.07, 6.45) is 0.361. The van der Waals surface area contributed by atoms with Crippen LogP contribution < -0.4 is 4.74 Å². The number of para-hydroxylation sites is 1. The van der Waals surface area contributed by atoms with Crippen LogP contribution in [0.2, 0.25) is 5.02 Å². The summed E-state index contributed by atoms with van der Waals surface area (Å²) in [5.74, 6) is -0.830. The molecule has 3 nitrogen and oxygen atoms in total. The van der Waals surface area contributed by atoms with Gasteiger partial charge in [0.15, 0.2) is 0 Å². The number of aliphatic carboxylic acids is 1. The minimum atomic E-state index is -0.877. The van der Waals surface area contributed by atoms with E-state index in [4.69, 9.17) is 16.3 Å². The predicted octanol–water partition coefficient (Wildman–Crippen LogP) is 3.76. The molecule has 0 spiro atoms. The molecule has 2 aromatic carbocycles. The fourth-order valence-corrected chi connectivity index (χ4v) is 2.36. The molecule has 1 atom stereocenters. The summed E-state index contributed by atoms with van der Waals surface area (Å²) in [6, 6.07) is 14.4. The third-order valence-corrected chi connectivity index (χ3v) is 3.40. The monoisotopic (exact) mass is 290 g/mol. The van der Waals surface area contributed by atoms with Crippen LogP contribution in [0.25, 0.3) is 0 Å². The quantitative estimate of drug-likeness (QED) is 0.912. The van der Waals surface area contributed by atoms with Gasteiger partial charge in [0.1, 0.15) is 5.75 Å². The van der Waals surface area contributed by atoms with Crippen LogP contribution in [0.1, 0.15) is 17.0 Å². The van der Waals surface area contributed by atoms with Crippen LogP contribution in [0, 0.1) is 0 Å². The number of halogens is 1. The zero-order valence-corrected chi connectivity index (χ0v) is 11.8. The van der Waals surface area contributed by atoms with E-state index < -0.39 is 11.9 Å². The highest BCUT2D eigenvalue weighted by atomic mass is 35.5. The van der Waals surface area contributed by atoms with Crippen LogP contribution in [0.15, 0.2) is 48.5 Å². The van der Waals surface area contributed by atoms with Crippen molar-refractivity contribution >= 4 is 17.6 Å². The number of hydrogen-bond donors (Lipinski definition) is 1. The van der Waals surface area contributed by atoms with E-state index in [1.165, 1.54) is 0 Å². The molecule has 4 heteroatoms. The topological polar surface area (TPSA) is 46.5 Å². The number of carboxylic acid groups (broad SMARTS) is 1. The molecule has 0 heterocycles. The molecule has 0 aliphatic rings. The fourth-order valence-electron chi connectivity index (χ4n) is 2.16. The first-order chi connectivity index (χ1) is 9.61. The van der Waals surface area contributed by atoms with Crippen LogP contribution in [-0.4, -0.2) is 18.2 Å². The van der Waals surface area contributed by atoms with E-state index in [0.717, 1.165) is 5.56 Å². The highest BCUT2D eigenvalue weighted by Gasteiger charge is 2.22. The molecule has 1 unspecified atom stereocenters. The third kappa shape index (κ3) is 3.31. The van der Waals surface area contributed by atoms with Gasteiger partial charge in [-0.2, -0.15) is 0 Å². The van der Waals surface area contributed by atoms with Gasteiger partial charge in [0, 0.05) is 5.02 Å². The molecule has 2 aromatic rings. The molecule has 0 aromatic heterocycles. The number of carbonyl (C=O) groups is 1. The Morgan fingerprint density at radius 2 is 2.00 bits per heavy atom. The van der Waals surface area contributed by atoms with Gasteiger partial charge in [-0.15, -0.1) is 0 Å². The second-order valence-corrected chi connectivity index (χ2v) is 4.90. The third-order valence-electron chi connectivity index (χ3n) is 3.17. The van der Waals surface area contributed by atoms with Gasteiger partial charge in [-0.25, -0.2) is 0 Å². The Hall–Kier alpha value is -2.00. The van der Waals surface area contributed by atoms with Crippen molar-refractivity contribution < 1.29 is 14.6 Å². The smallest absolute Gasteiger partial charge is 0.311 e. The number of rotatable bonds is 5. The second-order valence-electron chi connectivity index (χ2n) is 4.46. The molecular formula is C16H15ClO3. The lowest BCUT2D eigenvalue weighted by atomic mass is 9.92. The average molecular weight is 291 g/mol. The summed E-state index contributed by atoms with van der Waals surface area (Å²) < 4.78 is 5.27. The molecule has 0 amide bonds. The van der Waals surface area contributed by atoms with Crippen molar-refractivity contribution in [1.82, 2.24) is 0 Å². The lowest BCUT2D eigenvalue weighted by molar-refractivity contribution is -0.138. The maximum absolute atomic E-state index is 11.5. The lowest BCUT2D eigenvalue weighted by Gasteiger charge is -2.15. The Kier molecular flexibility index (Phi) is 4.64. The Balaban J connectivity index is 2.33. The Bertz CT molecular complexity index is 610. The van der Waals surface area contributed by atoms with Crippen molar-refractivity contribution in [3.8, 4) is 5.75 Å². The largest absolute Gasteiger partial charge is 0.496 e. The Labute approximate surface area is 122 Å². The normalized spacial score (nSPS) is 11.9. The highest BCUT2D eigenvalue weighted by Crippen LogP contribution is 2.28. The molecular weight excluding hydrogens is 276 g/mol. The summed E-state index contributed by atoms with van der Waals surface area (Å²) in [5, 5.41) is 9.99. The van der Waals surface area contributed by atoms with Crippen molar-refractivity contribution in [2.75, 3.05) is 7.11 Å². The molecule has 2 rings (SSSR count). The molecule has 20 heavy (non-hydrogen) atoms. The summed E-state index contributed by atoms with van der Waals surface area (Å²) in [7, 11) is 1.58. The molecule has 1 N–H and O–H groups in total. The number of carboxylic acids is 1. The molecule has 0 aliphatic carbocycles. The Morgan fingerprint density at radius 3 is 2.65 bits per heavy atom. The SMILES string of the molecule is COc1ccccc1CC(C(=O)O)c1cccc(Cl)c1. The number of hydrogen-bond acceptors (Lipinski definition) is 2. The first-order valence-corrected chi connectivity index (χ1v) is 6.59. The van der Waals surface area contributed by atoms with Crippen LogP contribution in [0.3, 0.4) is 0 Å². The van der Waals surface area contributed by atoms with E-state index in [2.05, 4.69) is 0 Å². The van der Waals surface area contributed by atoms with E-state index in [1.807, 2.05) is 24.3 Å². The second kappa shape index (κ2) is 6.44. The van der Waals surface area contributed by atoms with Gasteiger partial charge in [-0.3, -0.25) is 4.79 Å². The summed E-state index contributed by atoms with van der Waals surface area (Å²) >= 11 is 5.94. The zero-order valence-electron chi connectivity index (χ0n) is 11.0. The fraction of sp³-hybridized carbons (Fsp3) is 0.188. The first kappa shape index (κ1) is 14.4. The molecule has 0 bridgehead atoms. The predicted molar refractivity (Wildman–Crippen MR) is 78.5 cm³/mol. The van der Waals surface area contributed by atoms with Gasteiger partial charge >= 0.3 is 5.97 Å². The van der Waals surface area contributed by atoms with Crippen molar-refractivity contribution in [2.24, 2.45) is 0 Å². The van der Waals surface area contributed by atoms with Crippen molar-refractivity contribution in [2.45, 2.75) is 12.3 Å². The molecule has 104 valence electrons. The number of ether oxygens (including phenoxy) is 1. The average Bonchev–Trinajstić information content (AvgIpc) is 2.44. The molecule has 0 aliphatic heterocycles. The van der Waals surface area contributed by atoms with Crippen molar-refractivity contribution in [3.63, 3.8) is 0 Å². The maximum atomic E-state index is 11.5. The molecule has 0 saturated heterocycles. The van der Waals surface area contributed by atoms with Crippen LogP contribution in [0.4, 0.5) is 0 Å². The van der Waals surface area contributed by atoms with Gasteiger partial charge in [0.05, 0.1) is 13.0 Å². The van der Waals surface area contributed by atoms with E-state index in [0.29, 0.717) is 22.8 Å². The van der Waals surface area contributed by atoms with E-state index in [-0.39, 0.29) is 0 Å². The van der Waals surface area contributed by atoms with Gasteiger partial charge in [-0.05, 0) is 35.7 Å². The lowest BCUT2D eigenvalue weighted by Crippen LogP contribution is -2.15. The minimum absolute atomic E-state index is 0.361. The number of methoxy groups -OCH3 is 1. The highest BCUT2D eigenvalue weighted by molar-refractivity contribution is 6.30. The van der Waals surface area contributed by atoms with Crippen LogP contribution in [0.5, 0.6) is 5.75 Å². The zero-order chi connectivity index (χ0) is 14.5.